The van der Waals surface area contributed by atoms with Crippen LogP contribution < -0.4 is 15.0 Å². The summed E-state index contributed by atoms with van der Waals surface area (Å²) >= 11 is 0. The quantitative estimate of drug-likeness (QED) is 0.444. The second-order valence-corrected chi connectivity index (χ2v) is 7.31. The van der Waals surface area contributed by atoms with Gasteiger partial charge in [-0.05, 0) is 30.7 Å². The van der Waals surface area contributed by atoms with Gasteiger partial charge >= 0.3 is 0 Å². The minimum atomic E-state index is -0.280. The predicted octanol–water partition coefficient (Wildman–Crippen LogP) is 3.18. The maximum Gasteiger partial charge on any atom is 0.285 e. The minimum absolute atomic E-state index is 0.243. The van der Waals surface area contributed by atoms with E-state index in [0.717, 1.165) is 16.8 Å². The van der Waals surface area contributed by atoms with Crippen molar-refractivity contribution in [3.05, 3.63) is 76.8 Å². The Morgan fingerprint density at radius 3 is 2.58 bits per heavy atom. The van der Waals surface area contributed by atoms with Crippen LogP contribution in [0.25, 0.3) is 33.5 Å². The summed E-state index contributed by atoms with van der Waals surface area (Å²) in [5.74, 6) is 1.29. The highest BCUT2D eigenvalue weighted by atomic mass is 16.6. The lowest BCUT2D eigenvalue weighted by Crippen LogP contribution is -2.21. The van der Waals surface area contributed by atoms with Crippen LogP contribution >= 0.6 is 0 Å². The number of pyridine rings is 1. The number of rotatable bonds is 2. The lowest BCUT2D eigenvalue weighted by Gasteiger charge is -2.19. The Morgan fingerprint density at radius 1 is 0.935 bits per heavy atom. The van der Waals surface area contributed by atoms with Crippen molar-refractivity contribution in [2.45, 2.75) is 6.92 Å². The second-order valence-electron chi connectivity index (χ2n) is 7.31. The van der Waals surface area contributed by atoms with Crippen molar-refractivity contribution in [1.29, 1.82) is 0 Å². The molecule has 0 atom stereocenters. The fourth-order valence-electron chi connectivity index (χ4n) is 3.98. The lowest BCUT2D eigenvalue weighted by atomic mass is 10.1. The van der Waals surface area contributed by atoms with Gasteiger partial charge < -0.3 is 9.47 Å². The van der Waals surface area contributed by atoms with Gasteiger partial charge in [-0.2, -0.15) is 5.10 Å². The number of ether oxygens (including phenoxy) is 2. The molecule has 0 radical (unpaired) electrons. The summed E-state index contributed by atoms with van der Waals surface area (Å²) in [6.45, 7) is 2.93. The first-order chi connectivity index (χ1) is 15.2. The SMILES string of the molecule is Cc1nn2c(nnc3c(=O)n(-c4ccc5c(c4)OCCO5)ccc32)c1-c1ccccc1. The van der Waals surface area contributed by atoms with Crippen LogP contribution in [0.4, 0.5) is 0 Å². The smallest absolute Gasteiger partial charge is 0.285 e. The van der Waals surface area contributed by atoms with Crippen molar-refractivity contribution < 1.29 is 9.47 Å². The highest BCUT2D eigenvalue weighted by molar-refractivity contribution is 5.84. The van der Waals surface area contributed by atoms with Crippen LogP contribution in [-0.2, 0) is 0 Å². The van der Waals surface area contributed by atoms with Crippen molar-refractivity contribution in [2.75, 3.05) is 13.2 Å². The molecule has 6 rings (SSSR count). The van der Waals surface area contributed by atoms with Gasteiger partial charge in [-0.15, -0.1) is 10.2 Å². The molecule has 0 aliphatic carbocycles. The molecule has 0 N–H and O–H groups in total. The van der Waals surface area contributed by atoms with Crippen molar-refractivity contribution in [2.24, 2.45) is 0 Å². The monoisotopic (exact) mass is 411 g/mol. The molecule has 0 unspecified atom stereocenters. The maximum absolute atomic E-state index is 13.2. The topological polar surface area (TPSA) is 83.5 Å². The van der Waals surface area contributed by atoms with Crippen LogP contribution in [0.5, 0.6) is 11.5 Å². The highest BCUT2D eigenvalue weighted by Gasteiger charge is 2.18. The molecule has 4 heterocycles. The molecule has 0 saturated carbocycles. The molecule has 152 valence electrons. The molecule has 2 aromatic carbocycles. The largest absolute Gasteiger partial charge is 0.486 e. The molecule has 1 aliphatic rings. The Bertz CT molecular complexity index is 1520. The van der Waals surface area contributed by atoms with Crippen molar-refractivity contribution in [1.82, 2.24) is 24.4 Å². The zero-order valence-corrected chi connectivity index (χ0v) is 16.6. The molecule has 8 heteroatoms. The molecule has 31 heavy (non-hydrogen) atoms. The Labute approximate surface area is 176 Å². The Hall–Kier alpha value is -4.20. The van der Waals surface area contributed by atoms with Crippen LogP contribution in [0, 0.1) is 6.92 Å². The van der Waals surface area contributed by atoms with Gasteiger partial charge in [-0.1, -0.05) is 30.3 Å². The first-order valence-corrected chi connectivity index (χ1v) is 9.93. The second kappa shape index (κ2) is 6.66. The third-order valence-electron chi connectivity index (χ3n) is 5.42. The van der Waals surface area contributed by atoms with Crippen LogP contribution in [-0.4, -0.2) is 37.6 Å². The zero-order chi connectivity index (χ0) is 20.9. The molecule has 0 bridgehead atoms. The van der Waals surface area contributed by atoms with Crippen LogP contribution in [0.2, 0.25) is 0 Å². The lowest BCUT2D eigenvalue weighted by molar-refractivity contribution is 0.171. The molecular formula is C23H17N5O3. The first kappa shape index (κ1) is 17.6. The van der Waals surface area contributed by atoms with E-state index in [-0.39, 0.29) is 11.1 Å². The van der Waals surface area contributed by atoms with Gasteiger partial charge in [0.25, 0.3) is 5.56 Å². The van der Waals surface area contributed by atoms with Gasteiger partial charge in [-0.25, -0.2) is 4.52 Å². The molecule has 0 amide bonds. The van der Waals surface area contributed by atoms with E-state index in [2.05, 4.69) is 15.3 Å². The summed E-state index contributed by atoms with van der Waals surface area (Å²) in [5, 5.41) is 13.3. The van der Waals surface area contributed by atoms with E-state index in [1.807, 2.05) is 49.4 Å². The van der Waals surface area contributed by atoms with Crippen LogP contribution in [0.15, 0.2) is 65.6 Å². The number of hydrogen-bond donors (Lipinski definition) is 0. The number of benzene rings is 2. The molecule has 0 spiro atoms. The molecule has 5 aromatic rings. The average Bonchev–Trinajstić information content (AvgIpc) is 3.16. The Morgan fingerprint density at radius 2 is 1.74 bits per heavy atom. The van der Waals surface area contributed by atoms with E-state index in [0.29, 0.717) is 41.6 Å². The predicted molar refractivity (Wildman–Crippen MR) is 115 cm³/mol. The van der Waals surface area contributed by atoms with E-state index in [1.54, 1.807) is 22.8 Å². The third-order valence-corrected chi connectivity index (χ3v) is 5.42. The molecule has 3 aromatic heterocycles. The summed E-state index contributed by atoms with van der Waals surface area (Å²) in [5.41, 5.74) is 4.59. The van der Waals surface area contributed by atoms with E-state index in [9.17, 15) is 4.79 Å². The molecule has 0 saturated heterocycles. The number of aryl methyl sites for hydroxylation is 1. The van der Waals surface area contributed by atoms with E-state index < -0.39 is 0 Å². The first-order valence-electron chi connectivity index (χ1n) is 9.93. The van der Waals surface area contributed by atoms with Gasteiger partial charge in [0.05, 0.1) is 16.9 Å². The zero-order valence-electron chi connectivity index (χ0n) is 16.6. The average molecular weight is 411 g/mol. The maximum atomic E-state index is 13.2. The Kier molecular flexibility index (Phi) is 3.79. The highest BCUT2D eigenvalue weighted by Crippen LogP contribution is 2.32. The van der Waals surface area contributed by atoms with Gasteiger partial charge in [-0.3, -0.25) is 9.36 Å². The fraction of sp³-hybridized carbons (Fsp3) is 0.130. The number of hydrogen-bond acceptors (Lipinski definition) is 6. The number of aromatic nitrogens is 5. The van der Waals surface area contributed by atoms with Crippen LogP contribution in [0.1, 0.15) is 5.69 Å². The summed E-state index contributed by atoms with van der Waals surface area (Å²) in [6, 6.07) is 17.2. The number of nitrogens with zero attached hydrogens (tertiary/aromatic N) is 5. The summed E-state index contributed by atoms with van der Waals surface area (Å²) in [7, 11) is 0. The normalized spacial score (nSPS) is 13.1. The van der Waals surface area contributed by atoms with Gasteiger partial charge in [0.2, 0.25) is 0 Å². The van der Waals surface area contributed by atoms with Crippen molar-refractivity contribution >= 4 is 16.7 Å². The summed E-state index contributed by atoms with van der Waals surface area (Å²) in [6.07, 6.45) is 1.72. The third kappa shape index (κ3) is 2.68. The molecule has 1 aliphatic heterocycles. The standard InChI is InChI=1S/C23H17N5O3/c1-14-20(15-5-3-2-4-6-15)22-25-24-21-17(28(22)26-14)9-10-27(23(21)29)16-7-8-18-19(13-16)31-12-11-30-18/h2-10,13H,11-12H2,1H3. The summed E-state index contributed by atoms with van der Waals surface area (Å²) < 4.78 is 14.4. The van der Waals surface area contributed by atoms with E-state index in [1.165, 1.54) is 4.57 Å². The van der Waals surface area contributed by atoms with Crippen molar-refractivity contribution in [3.63, 3.8) is 0 Å². The van der Waals surface area contributed by atoms with Crippen molar-refractivity contribution in [3.8, 4) is 28.3 Å². The fourth-order valence-corrected chi connectivity index (χ4v) is 3.98. The van der Waals surface area contributed by atoms with E-state index >= 15 is 0 Å². The van der Waals surface area contributed by atoms with Gasteiger partial charge in [0.1, 0.15) is 18.7 Å². The van der Waals surface area contributed by atoms with E-state index in [4.69, 9.17) is 9.47 Å². The molecular weight excluding hydrogens is 394 g/mol. The molecule has 8 nitrogen and oxygen atoms in total. The van der Waals surface area contributed by atoms with Crippen LogP contribution in [0.3, 0.4) is 0 Å². The minimum Gasteiger partial charge on any atom is -0.486 e. The van der Waals surface area contributed by atoms with Gasteiger partial charge in [0.15, 0.2) is 22.7 Å². The Balaban J connectivity index is 1.54. The van der Waals surface area contributed by atoms with Gasteiger partial charge in [0, 0.05) is 12.3 Å². The molecule has 0 fully saturated rings. The summed E-state index contributed by atoms with van der Waals surface area (Å²) in [4.78, 5) is 13.2. The number of fused-ring (bicyclic) bond motifs is 4.